The molecule has 3 rings (SSSR count). The maximum absolute atomic E-state index is 12.3. The summed E-state index contributed by atoms with van der Waals surface area (Å²) < 4.78 is 0. The lowest BCUT2D eigenvalue weighted by Gasteiger charge is -2.34. The van der Waals surface area contributed by atoms with Crippen molar-refractivity contribution in [2.45, 2.75) is 18.9 Å². The summed E-state index contributed by atoms with van der Waals surface area (Å²) in [5, 5.41) is 10.2. The number of rotatable bonds is 2. The van der Waals surface area contributed by atoms with Crippen LogP contribution in [0.2, 0.25) is 5.02 Å². The van der Waals surface area contributed by atoms with Crippen molar-refractivity contribution in [3.8, 4) is 5.75 Å². The van der Waals surface area contributed by atoms with Crippen molar-refractivity contribution in [1.82, 2.24) is 9.80 Å². The molecular formula is C14H17ClN2O2. The molecule has 1 heterocycles. The average molecular weight is 281 g/mol. The predicted octanol–water partition coefficient (Wildman–Crippen LogP) is 1.97. The molecule has 1 aliphatic carbocycles. The lowest BCUT2D eigenvalue weighted by atomic mass is 10.1. The van der Waals surface area contributed by atoms with E-state index >= 15 is 0 Å². The van der Waals surface area contributed by atoms with Crippen molar-refractivity contribution in [3.63, 3.8) is 0 Å². The van der Waals surface area contributed by atoms with Gasteiger partial charge in [0, 0.05) is 37.2 Å². The van der Waals surface area contributed by atoms with Gasteiger partial charge >= 0.3 is 0 Å². The number of halogens is 1. The minimum absolute atomic E-state index is 0.0397. The number of carbonyl (C=O) groups is 1. The highest BCUT2D eigenvalue weighted by Gasteiger charge is 2.32. The Morgan fingerprint density at radius 2 is 1.89 bits per heavy atom. The highest BCUT2D eigenvalue weighted by atomic mass is 35.5. The number of hydrogen-bond acceptors (Lipinski definition) is 3. The summed E-state index contributed by atoms with van der Waals surface area (Å²) in [6, 6.07) is 5.39. The van der Waals surface area contributed by atoms with Crippen molar-refractivity contribution in [1.29, 1.82) is 0 Å². The van der Waals surface area contributed by atoms with Crippen LogP contribution in [-0.4, -0.2) is 53.0 Å². The summed E-state index contributed by atoms with van der Waals surface area (Å²) in [5.41, 5.74) is 0.337. The molecular weight excluding hydrogens is 264 g/mol. The molecule has 5 heteroatoms. The van der Waals surface area contributed by atoms with Gasteiger partial charge in [0.1, 0.15) is 5.75 Å². The van der Waals surface area contributed by atoms with Gasteiger partial charge in [-0.3, -0.25) is 9.69 Å². The number of hydrogen-bond donors (Lipinski definition) is 1. The zero-order valence-electron chi connectivity index (χ0n) is 10.7. The van der Waals surface area contributed by atoms with Gasteiger partial charge in [-0.25, -0.2) is 0 Å². The van der Waals surface area contributed by atoms with Gasteiger partial charge in [0.05, 0.1) is 5.56 Å². The normalized spacial score (nSPS) is 20.6. The highest BCUT2D eigenvalue weighted by Crippen LogP contribution is 2.28. The fourth-order valence-corrected chi connectivity index (χ4v) is 2.75. The van der Waals surface area contributed by atoms with Crippen LogP contribution in [0.25, 0.3) is 0 Å². The van der Waals surface area contributed by atoms with Crippen LogP contribution in [-0.2, 0) is 0 Å². The van der Waals surface area contributed by atoms with Crippen molar-refractivity contribution in [2.75, 3.05) is 26.2 Å². The first kappa shape index (κ1) is 12.8. The molecule has 4 nitrogen and oxygen atoms in total. The van der Waals surface area contributed by atoms with Gasteiger partial charge in [-0.15, -0.1) is 0 Å². The molecule has 1 aromatic carbocycles. The number of phenolic OH excluding ortho intramolecular Hbond substituents is 1. The third kappa shape index (κ3) is 2.69. The van der Waals surface area contributed by atoms with Crippen molar-refractivity contribution in [2.24, 2.45) is 0 Å². The number of carbonyl (C=O) groups excluding carboxylic acids is 1. The molecule has 0 aromatic heterocycles. The molecule has 102 valence electrons. The van der Waals surface area contributed by atoms with Gasteiger partial charge in [0.25, 0.3) is 5.91 Å². The molecule has 19 heavy (non-hydrogen) atoms. The molecule has 1 amide bonds. The number of piperazine rings is 1. The molecule has 0 unspecified atom stereocenters. The zero-order valence-corrected chi connectivity index (χ0v) is 11.4. The van der Waals surface area contributed by atoms with E-state index in [2.05, 4.69) is 4.90 Å². The third-order valence-electron chi connectivity index (χ3n) is 3.85. The van der Waals surface area contributed by atoms with E-state index in [0.29, 0.717) is 10.6 Å². The van der Waals surface area contributed by atoms with Crippen LogP contribution in [0.1, 0.15) is 23.2 Å². The molecule has 0 bridgehead atoms. The van der Waals surface area contributed by atoms with Crippen molar-refractivity contribution in [3.05, 3.63) is 28.8 Å². The van der Waals surface area contributed by atoms with Crippen LogP contribution < -0.4 is 0 Å². The Labute approximate surface area is 117 Å². The summed E-state index contributed by atoms with van der Waals surface area (Å²) >= 11 is 5.78. The van der Waals surface area contributed by atoms with Gasteiger partial charge in [0.15, 0.2) is 0 Å². The topological polar surface area (TPSA) is 43.8 Å². The molecule has 1 aliphatic heterocycles. The summed E-state index contributed by atoms with van der Waals surface area (Å²) in [4.78, 5) is 16.6. The van der Waals surface area contributed by atoms with Crippen LogP contribution in [0.3, 0.4) is 0 Å². The number of phenols is 1. The first-order chi connectivity index (χ1) is 9.15. The fraction of sp³-hybridized carbons (Fsp3) is 0.500. The first-order valence-electron chi connectivity index (χ1n) is 6.67. The standard InChI is InChI=1S/C14H17ClN2O2/c15-10-1-4-12(13(18)9-10)14(19)17-7-5-16(6-8-17)11-2-3-11/h1,4,9,11,18H,2-3,5-8H2. The summed E-state index contributed by atoms with van der Waals surface area (Å²) in [5.74, 6) is -0.147. The van der Waals surface area contributed by atoms with E-state index in [4.69, 9.17) is 11.6 Å². The minimum atomic E-state index is -0.107. The fourth-order valence-electron chi connectivity index (χ4n) is 2.59. The smallest absolute Gasteiger partial charge is 0.257 e. The molecule has 1 saturated heterocycles. The van der Waals surface area contributed by atoms with Crippen LogP contribution in [0, 0.1) is 0 Å². The van der Waals surface area contributed by atoms with E-state index in [9.17, 15) is 9.90 Å². The predicted molar refractivity (Wildman–Crippen MR) is 73.6 cm³/mol. The molecule has 2 aliphatic rings. The third-order valence-corrected chi connectivity index (χ3v) is 4.09. The van der Waals surface area contributed by atoms with E-state index in [1.165, 1.54) is 18.9 Å². The first-order valence-corrected chi connectivity index (χ1v) is 7.05. The average Bonchev–Trinajstić information content (AvgIpc) is 3.22. The second-order valence-electron chi connectivity index (χ2n) is 5.22. The van der Waals surface area contributed by atoms with E-state index in [1.807, 2.05) is 4.90 Å². The Bertz CT molecular complexity index is 494. The summed E-state index contributed by atoms with van der Waals surface area (Å²) in [6.07, 6.45) is 2.60. The number of benzene rings is 1. The zero-order chi connectivity index (χ0) is 13.4. The molecule has 0 atom stereocenters. The lowest BCUT2D eigenvalue weighted by Crippen LogP contribution is -2.49. The van der Waals surface area contributed by atoms with Gasteiger partial charge in [0.2, 0.25) is 0 Å². The number of nitrogens with zero attached hydrogens (tertiary/aromatic N) is 2. The Morgan fingerprint density at radius 3 is 2.47 bits per heavy atom. The molecule has 2 fully saturated rings. The molecule has 1 aromatic rings. The van der Waals surface area contributed by atoms with E-state index in [0.717, 1.165) is 32.2 Å². The van der Waals surface area contributed by atoms with E-state index in [1.54, 1.807) is 12.1 Å². The Balaban J connectivity index is 1.67. The molecule has 0 radical (unpaired) electrons. The van der Waals surface area contributed by atoms with Gasteiger partial charge < -0.3 is 10.0 Å². The molecule has 1 saturated carbocycles. The van der Waals surface area contributed by atoms with Crippen LogP contribution >= 0.6 is 11.6 Å². The van der Waals surface area contributed by atoms with Gasteiger partial charge in [-0.1, -0.05) is 11.6 Å². The quantitative estimate of drug-likeness (QED) is 0.901. The Hall–Kier alpha value is -1.26. The Morgan fingerprint density at radius 1 is 1.21 bits per heavy atom. The van der Waals surface area contributed by atoms with Gasteiger partial charge in [-0.2, -0.15) is 0 Å². The number of amides is 1. The second-order valence-corrected chi connectivity index (χ2v) is 5.66. The minimum Gasteiger partial charge on any atom is -0.507 e. The van der Waals surface area contributed by atoms with Gasteiger partial charge in [-0.05, 0) is 31.0 Å². The van der Waals surface area contributed by atoms with Crippen LogP contribution in [0.4, 0.5) is 0 Å². The van der Waals surface area contributed by atoms with Crippen molar-refractivity contribution >= 4 is 17.5 Å². The maximum Gasteiger partial charge on any atom is 0.257 e. The molecule has 1 N–H and O–H groups in total. The van der Waals surface area contributed by atoms with E-state index in [-0.39, 0.29) is 11.7 Å². The largest absolute Gasteiger partial charge is 0.507 e. The van der Waals surface area contributed by atoms with Crippen LogP contribution in [0.15, 0.2) is 18.2 Å². The molecule has 0 spiro atoms. The Kier molecular flexibility index (Phi) is 3.37. The van der Waals surface area contributed by atoms with Crippen molar-refractivity contribution < 1.29 is 9.90 Å². The highest BCUT2D eigenvalue weighted by molar-refractivity contribution is 6.30. The second kappa shape index (κ2) is 5.02. The van der Waals surface area contributed by atoms with E-state index < -0.39 is 0 Å². The SMILES string of the molecule is O=C(c1ccc(Cl)cc1O)N1CCN(C2CC2)CC1. The maximum atomic E-state index is 12.3. The monoisotopic (exact) mass is 280 g/mol. The van der Waals surface area contributed by atoms with Crippen LogP contribution in [0.5, 0.6) is 5.75 Å². The number of aromatic hydroxyl groups is 1. The lowest BCUT2D eigenvalue weighted by molar-refractivity contribution is 0.0624. The summed E-state index contributed by atoms with van der Waals surface area (Å²) in [6.45, 7) is 3.34. The summed E-state index contributed by atoms with van der Waals surface area (Å²) in [7, 11) is 0.